The van der Waals surface area contributed by atoms with Gasteiger partial charge in [0.15, 0.2) is 9.84 Å². The van der Waals surface area contributed by atoms with Gasteiger partial charge >= 0.3 is 0 Å². The normalized spacial score (nSPS) is 11.5. The molecule has 0 N–H and O–H groups in total. The summed E-state index contributed by atoms with van der Waals surface area (Å²) in [4.78, 5) is 9.09. The molecular formula is C11H8BrClN2O2S2. The minimum absolute atomic E-state index is 0.165. The summed E-state index contributed by atoms with van der Waals surface area (Å²) < 4.78 is 23.4. The molecule has 0 amide bonds. The first-order valence-electron chi connectivity index (χ1n) is 5.02. The molecule has 8 heteroatoms. The highest BCUT2D eigenvalue weighted by Gasteiger charge is 2.09. The first kappa shape index (κ1) is 14.8. The second kappa shape index (κ2) is 5.78. The smallest absolute Gasteiger partial charge is 0.223 e. The van der Waals surface area contributed by atoms with Gasteiger partial charge in [-0.25, -0.2) is 18.4 Å². The predicted octanol–water partition coefficient (Wildman–Crippen LogP) is 3.45. The SMILES string of the molecule is CS(=O)(=O)c1ccc(Sc2nc(Cl)ncc2Br)cc1. The molecule has 100 valence electrons. The zero-order valence-electron chi connectivity index (χ0n) is 9.67. The first-order chi connectivity index (χ1) is 8.86. The largest absolute Gasteiger partial charge is 0.225 e. The Balaban J connectivity index is 2.27. The van der Waals surface area contributed by atoms with E-state index in [1.54, 1.807) is 30.5 Å². The van der Waals surface area contributed by atoms with E-state index in [4.69, 9.17) is 11.6 Å². The molecule has 0 bridgehead atoms. The van der Waals surface area contributed by atoms with Crippen LogP contribution in [0.3, 0.4) is 0 Å². The van der Waals surface area contributed by atoms with E-state index in [1.807, 2.05) is 0 Å². The Kier molecular flexibility index (Phi) is 4.50. The maximum absolute atomic E-state index is 11.3. The zero-order valence-corrected chi connectivity index (χ0v) is 13.6. The summed E-state index contributed by atoms with van der Waals surface area (Å²) in [5, 5.41) is 0.838. The molecule has 0 unspecified atom stereocenters. The fourth-order valence-electron chi connectivity index (χ4n) is 1.27. The standard InChI is InChI=1S/C11H8BrClN2O2S2/c1-19(16,17)8-4-2-7(3-5-8)18-10-9(12)6-14-11(13)15-10/h2-6H,1H3. The Morgan fingerprint density at radius 2 is 1.89 bits per heavy atom. The van der Waals surface area contributed by atoms with Crippen LogP contribution in [-0.4, -0.2) is 24.6 Å². The van der Waals surface area contributed by atoms with Gasteiger partial charge in [-0.15, -0.1) is 0 Å². The number of halogens is 2. The summed E-state index contributed by atoms with van der Waals surface area (Å²) >= 11 is 10.4. The van der Waals surface area contributed by atoms with Crippen LogP contribution in [0.1, 0.15) is 0 Å². The van der Waals surface area contributed by atoms with Gasteiger partial charge in [0.25, 0.3) is 0 Å². The molecule has 0 aliphatic rings. The summed E-state index contributed by atoms with van der Waals surface area (Å²) in [5.41, 5.74) is 0. The van der Waals surface area contributed by atoms with Crippen molar-refractivity contribution >= 4 is 49.1 Å². The third-order valence-electron chi connectivity index (χ3n) is 2.15. The third-order valence-corrected chi connectivity index (χ3v) is 5.31. The average molecular weight is 380 g/mol. The fourth-order valence-corrected chi connectivity index (χ4v) is 3.29. The van der Waals surface area contributed by atoms with Gasteiger partial charge < -0.3 is 0 Å². The minimum atomic E-state index is -3.17. The summed E-state index contributed by atoms with van der Waals surface area (Å²) in [6.07, 6.45) is 2.75. The van der Waals surface area contributed by atoms with Crippen LogP contribution in [0.4, 0.5) is 0 Å². The maximum atomic E-state index is 11.3. The van der Waals surface area contributed by atoms with E-state index >= 15 is 0 Å². The summed E-state index contributed by atoms with van der Waals surface area (Å²) in [7, 11) is -3.17. The van der Waals surface area contributed by atoms with Gasteiger partial charge in [0, 0.05) is 17.3 Å². The number of hydrogen-bond acceptors (Lipinski definition) is 5. The van der Waals surface area contributed by atoms with Crippen LogP contribution in [0.25, 0.3) is 0 Å². The molecule has 0 saturated heterocycles. The van der Waals surface area contributed by atoms with Crippen LogP contribution in [0, 0.1) is 0 Å². The topological polar surface area (TPSA) is 59.9 Å². The molecule has 4 nitrogen and oxygen atoms in total. The van der Waals surface area contributed by atoms with Crippen molar-refractivity contribution in [1.82, 2.24) is 9.97 Å². The van der Waals surface area contributed by atoms with Crippen molar-refractivity contribution in [1.29, 1.82) is 0 Å². The van der Waals surface area contributed by atoms with Crippen molar-refractivity contribution in [2.45, 2.75) is 14.8 Å². The van der Waals surface area contributed by atoms with E-state index < -0.39 is 9.84 Å². The summed E-state index contributed by atoms with van der Waals surface area (Å²) in [6, 6.07) is 6.58. The summed E-state index contributed by atoms with van der Waals surface area (Å²) in [6.45, 7) is 0. The van der Waals surface area contributed by atoms with Gasteiger partial charge in [-0.05, 0) is 51.8 Å². The number of benzene rings is 1. The molecule has 2 aromatic rings. The fraction of sp³-hybridized carbons (Fsp3) is 0.0909. The second-order valence-electron chi connectivity index (χ2n) is 3.64. The molecule has 0 spiro atoms. The number of rotatable bonds is 3. The molecule has 0 atom stereocenters. The number of hydrogen-bond donors (Lipinski definition) is 0. The van der Waals surface area contributed by atoms with Crippen LogP contribution in [-0.2, 0) is 9.84 Å². The van der Waals surface area contributed by atoms with Gasteiger partial charge in [-0.3, -0.25) is 0 Å². The minimum Gasteiger partial charge on any atom is -0.225 e. The lowest BCUT2D eigenvalue weighted by Crippen LogP contribution is -1.96. The molecule has 0 radical (unpaired) electrons. The van der Waals surface area contributed by atoms with Crippen LogP contribution in [0.5, 0.6) is 0 Å². The van der Waals surface area contributed by atoms with E-state index in [2.05, 4.69) is 25.9 Å². The highest BCUT2D eigenvalue weighted by molar-refractivity contribution is 9.10. The lowest BCUT2D eigenvalue weighted by atomic mass is 10.4. The third kappa shape index (κ3) is 3.92. The van der Waals surface area contributed by atoms with Crippen molar-refractivity contribution < 1.29 is 8.42 Å². The Hall–Kier alpha value is -0.630. The Bertz CT molecular complexity index is 705. The Morgan fingerprint density at radius 1 is 1.26 bits per heavy atom. The molecule has 1 aromatic heterocycles. The Morgan fingerprint density at radius 3 is 2.47 bits per heavy atom. The highest BCUT2D eigenvalue weighted by Crippen LogP contribution is 2.32. The van der Waals surface area contributed by atoms with Crippen molar-refractivity contribution in [2.24, 2.45) is 0 Å². The lowest BCUT2D eigenvalue weighted by molar-refractivity contribution is 0.602. The van der Waals surface area contributed by atoms with E-state index in [0.29, 0.717) is 5.03 Å². The maximum Gasteiger partial charge on any atom is 0.223 e. The van der Waals surface area contributed by atoms with Crippen LogP contribution in [0.2, 0.25) is 5.28 Å². The van der Waals surface area contributed by atoms with E-state index in [-0.39, 0.29) is 10.2 Å². The first-order valence-corrected chi connectivity index (χ1v) is 8.90. The van der Waals surface area contributed by atoms with E-state index in [9.17, 15) is 8.42 Å². The quantitative estimate of drug-likeness (QED) is 0.604. The molecule has 0 aliphatic heterocycles. The van der Waals surface area contributed by atoms with Crippen LogP contribution in [0.15, 0.2) is 49.8 Å². The molecular weight excluding hydrogens is 372 g/mol. The number of aromatic nitrogens is 2. The summed E-state index contributed by atoms with van der Waals surface area (Å²) in [5.74, 6) is 0. The highest BCUT2D eigenvalue weighted by atomic mass is 79.9. The van der Waals surface area contributed by atoms with Crippen LogP contribution < -0.4 is 0 Å². The van der Waals surface area contributed by atoms with Gasteiger partial charge in [-0.2, -0.15) is 0 Å². The monoisotopic (exact) mass is 378 g/mol. The van der Waals surface area contributed by atoms with Gasteiger partial charge in [0.1, 0.15) is 5.03 Å². The zero-order chi connectivity index (χ0) is 14.0. The number of nitrogens with zero attached hydrogens (tertiary/aromatic N) is 2. The second-order valence-corrected chi connectivity index (χ2v) is 7.91. The van der Waals surface area contributed by atoms with Crippen molar-refractivity contribution in [3.05, 3.63) is 40.2 Å². The molecule has 1 heterocycles. The Labute approximate surface area is 128 Å². The van der Waals surface area contributed by atoms with Crippen molar-refractivity contribution in [3.8, 4) is 0 Å². The van der Waals surface area contributed by atoms with E-state index in [1.165, 1.54) is 18.0 Å². The van der Waals surface area contributed by atoms with Gasteiger partial charge in [-0.1, -0.05) is 11.8 Å². The molecule has 0 fully saturated rings. The van der Waals surface area contributed by atoms with Crippen LogP contribution >= 0.6 is 39.3 Å². The molecule has 0 saturated carbocycles. The molecule has 0 aliphatic carbocycles. The van der Waals surface area contributed by atoms with Crippen molar-refractivity contribution in [3.63, 3.8) is 0 Å². The lowest BCUT2D eigenvalue weighted by Gasteiger charge is -2.04. The van der Waals surface area contributed by atoms with Gasteiger partial charge in [0.05, 0.1) is 9.37 Å². The average Bonchev–Trinajstić information content (AvgIpc) is 2.33. The predicted molar refractivity (Wildman–Crippen MR) is 78.4 cm³/mol. The van der Waals surface area contributed by atoms with Gasteiger partial charge in [0.2, 0.25) is 5.28 Å². The molecule has 2 rings (SSSR count). The van der Waals surface area contributed by atoms with Crippen molar-refractivity contribution in [2.75, 3.05) is 6.26 Å². The number of sulfone groups is 1. The molecule has 19 heavy (non-hydrogen) atoms. The van der Waals surface area contributed by atoms with E-state index in [0.717, 1.165) is 9.37 Å². The molecule has 1 aromatic carbocycles.